The summed E-state index contributed by atoms with van der Waals surface area (Å²) >= 11 is 0. The minimum atomic E-state index is 0.116. The zero-order valence-corrected chi connectivity index (χ0v) is 14.5. The molecule has 0 aliphatic carbocycles. The molecule has 0 spiro atoms. The van der Waals surface area contributed by atoms with E-state index in [1.807, 2.05) is 50.2 Å². The standard InChI is InChI=1S/C20H27NO2/c1-5-17(23-18-12-10-16(4)11-13-18)14-21-19-8-6-7-9-20(19)22-15(2)3/h6-13,15,17,21H,5,14H2,1-4H3/t17-/m0/s1. The first kappa shape index (κ1) is 17.2. The molecule has 0 aliphatic rings. The molecule has 2 aromatic rings. The molecule has 3 nitrogen and oxygen atoms in total. The highest BCUT2D eigenvalue weighted by Crippen LogP contribution is 2.25. The summed E-state index contributed by atoms with van der Waals surface area (Å²) in [5.74, 6) is 1.80. The van der Waals surface area contributed by atoms with E-state index in [0.717, 1.165) is 30.2 Å². The monoisotopic (exact) mass is 313 g/mol. The third kappa shape index (κ3) is 5.51. The van der Waals surface area contributed by atoms with E-state index in [1.165, 1.54) is 5.56 Å². The summed E-state index contributed by atoms with van der Waals surface area (Å²) in [6, 6.07) is 16.2. The molecule has 0 saturated heterocycles. The van der Waals surface area contributed by atoms with Crippen molar-refractivity contribution < 1.29 is 9.47 Å². The summed E-state index contributed by atoms with van der Waals surface area (Å²) in [7, 11) is 0. The summed E-state index contributed by atoms with van der Waals surface area (Å²) in [6.45, 7) is 9.02. The van der Waals surface area contributed by atoms with Crippen molar-refractivity contribution in [2.24, 2.45) is 0 Å². The number of hydrogen-bond acceptors (Lipinski definition) is 3. The molecule has 1 atom stereocenters. The fourth-order valence-corrected chi connectivity index (χ4v) is 2.27. The molecule has 0 aromatic heterocycles. The van der Waals surface area contributed by atoms with Crippen LogP contribution in [0.5, 0.6) is 11.5 Å². The van der Waals surface area contributed by atoms with E-state index in [1.54, 1.807) is 0 Å². The Morgan fingerprint density at radius 1 is 0.957 bits per heavy atom. The van der Waals surface area contributed by atoms with Gasteiger partial charge < -0.3 is 14.8 Å². The van der Waals surface area contributed by atoms with E-state index in [4.69, 9.17) is 9.47 Å². The Balaban J connectivity index is 1.96. The van der Waals surface area contributed by atoms with Gasteiger partial charge in [0.1, 0.15) is 17.6 Å². The van der Waals surface area contributed by atoms with Gasteiger partial charge in [-0.2, -0.15) is 0 Å². The van der Waals surface area contributed by atoms with Crippen LogP contribution in [0.4, 0.5) is 5.69 Å². The number of para-hydroxylation sites is 2. The second kappa shape index (κ2) is 8.47. The van der Waals surface area contributed by atoms with Crippen molar-refractivity contribution >= 4 is 5.69 Å². The lowest BCUT2D eigenvalue weighted by Crippen LogP contribution is -2.25. The fourth-order valence-electron chi connectivity index (χ4n) is 2.27. The van der Waals surface area contributed by atoms with Gasteiger partial charge in [-0.15, -0.1) is 0 Å². The van der Waals surface area contributed by atoms with Gasteiger partial charge in [0, 0.05) is 0 Å². The SMILES string of the molecule is CC[C@@H](CNc1ccccc1OC(C)C)Oc1ccc(C)cc1. The summed E-state index contributed by atoms with van der Waals surface area (Å²) in [6.07, 6.45) is 1.21. The molecule has 0 unspecified atom stereocenters. The molecule has 0 amide bonds. The van der Waals surface area contributed by atoms with Crippen LogP contribution in [0.15, 0.2) is 48.5 Å². The number of rotatable bonds is 8. The molecule has 23 heavy (non-hydrogen) atoms. The van der Waals surface area contributed by atoms with Gasteiger partial charge in [0.2, 0.25) is 0 Å². The molecule has 124 valence electrons. The third-order valence-electron chi connectivity index (χ3n) is 3.55. The first-order chi connectivity index (χ1) is 11.1. The Hall–Kier alpha value is -2.16. The van der Waals surface area contributed by atoms with E-state index >= 15 is 0 Å². The Kier molecular flexibility index (Phi) is 6.33. The molecule has 0 bridgehead atoms. The highest BCUT2D eigenvalue weighted by Gasteiger charge is 2.10. The third-order valence-corrected chi connectivity index (χ3v) is 3.55. The van der Waals surface area contributed by atoms with Crippen LogP contribution in [-0.4, -0.2) is 18.8 Å². The Morgan fingerprint density at radius 2 is 1.65 bits per heavy atom. The number of hydrogen-bond donors (Lipinski definition) is 1. The molecule has 0 aliphatic heterocycles. The largest absolute Gasteiger partial charge is 0.489 e. The lowest BCUT2D eigenvalue weighted by atomic mass is 10.2. The second-order valence-corrected chi connectivity index (χ2v) is 6.00. The van der Waals surface area contributed by atoms with E-state index < -0.39 is 0 Å². The van der Waals surface area contributed by atoms with Gasteiger partial charge >= 0.3 is 0 Å². The van der Waals surface area contributed by atoms with Crippen molar-refractivity contribution in [1.29, 1.82) is 0 Å². The first-order valence-corrected chi connectivity index (χ1v) is 8.31. The second-order valence-electron chi connectivity index (χ2n) is 6.00. The van der Waals surface area contributed by atoms with Gasteiger partial charge in [-0.3, -0.25) is 0 Å². The lowest BCUT2D eigenvalue weighted by molar-refractivity contribution is 0.209. The maximum atomic E-state index is 6.06. The average Bonchev–Trinajstić information content (AvgIpc) is 2.54. The van der Waals surface area contributed by atoms with Crippen molar-refractivity contribution in [3.05, 3.63) is 54.1 Å². The van der Waals surface area contributed by atoms with Gasteiger partial charge in [-0.1, -0.05) is 36.8 Å². The van der Waals surface area contributed by atoms with Crippen LogP contribution in [-0.2, 0) is 0 Å². The van der Waals surface area contributed by atoms with Crippen LogP contribution in [0.1, 0.15) is 32.8 Å². The van der Waals surface area contributed by atoms with E-state index in [-0.39, 0.29) is 12.2 Å². The quantitative estimate of drug-likeness (QED) is 0.739. The van der Waals surface area contributed by atoms with E-state index in [0.29, 0.717) is 0 Å². The van der Waals surface area contributed by atoms with E-state index in [9.17, 15) is 0 Å². The van der Waals surface area contributed by atoms with Crippen LogP contribution in [0.2, 0.25) is 0 Å². The molecule has 2 aromatic carbocycles. The molecule has 1 N–H and O–H groups in total. The number of aryl methyl sites for hydroxylation is 1. The van der Waals surface area contributed by atoms with Crippen molar-refractivity contribution in [2.45, 2.75) is 46.3 Å². The number of nitrogens with one attached hydrogen (secondary N) is 1. The predicted octanol–water partition coefficient (Wildman–Crippen LogP) is 5.05. The van der Waals surface area contributed by atoms with E-state index in [2.05, 4.69) is 31.3 Å². The van der Waals surface area contributed by atoms with Gasteiger partial charge in [-0.25, -0.2) is 0 Å². The Labute approximate surface area is 139 Å². The summed E-state index contributed by atoms with van der Waals surface area (Å²) in [5.41, 5.74) is 2.25. The molecule has 3 heteroatoms. The highest BCUT2D eigenvalue weighted by molar-refractivity contribution is 5.56. The zero-order chi connectivity index (χ0) is 16.7. The molecule has 2 rings (SSSR count). The predicted molar refractivity (Wildman–Crippen MR) is 96.6 cm³/mol. The fraction of sp³-hybridized carbons (Fsp3) is 0.400. The molecule has 0 fully saturated rings. The van der Waals surface area contributed by atoms with Crippen molar-refractivity contribution in [2.75, 3.05) is 11.9 Å². The molecule has 0 saturated carbocycles. The maximum Gasteiger partial charge on any atom is 0.142 e. The maximum absolute atomic E-state index is 6.06. The van der Waals surface area contributed by atoms with Crippen molar-refractivity contribution in [3.63, 3.8) is 0 Å². The van der Waals surface area contributed by atoms with Gasteiger partial charge in [-0.05, 0) is 51.5 Å². The average molecular weight is 313 g/mol. The molecule has 0 radical (unpaired) electrons. The summed E-state index contributed by atoms with van der Waals surface area (Å²) in [5, 5.41) is 3.45. The van der Waals surface area contributed by atoms with Gasteiger partial charge in [0.15, 0.2) is 0 Å². The number of benzene rings is 2. The van der Waals surface area contributed by atoms with Crippen LogP contribution in [0, 0.1) is 6.92 Å². The van der Waals surface area contributed by atoms with Gasteiger partial charge in [0.25, 0.3) is 0 Å². The van der Waals surface area contributed by atoms with Crippen LogP contribution in [0.3, 0.4) is 0 Å². The van der Waals surface area contributed by atoms with Crippen molar-refractivity contribution in [3.8, 4) is 11.5 Å². The van der Waals surface area contributed by atoms with Crippen molar-refractivity contribution in [1.82, 2.24) is 0 Å². The topological polar surface area (TPSA) is 30.5 Å². The lowest BCUT2D eigenvalue weighted by Gasteiger charge is -2.21. The van der Waals surface area contributed by atoms with Crippen LogP contribution >= 0.6 is 0 Å². The van der Waals surface area contributed by atoms with Crippen LogP contribution < -0.4 is 14.8 Å². The summed E-state index contributed by atoms with van der Waals surface area (Å²) < 4.78 is 11.9. The number of anilines is 1. The highest BCUT2D eigenvalue weighted by atomic mass is 16.5. The Morgan fingerprint density at radius 3 is 2.30 bits per heavy atom. The summed E-state index contributed by atoms with van der Waals surface area (Å²) in [4.78, 5) is 0. The first-order valence-electron chi connectivity index (χ1n) is 8.31. The normalized spacial score (nSPS) is 12.0. The Bertz CT molecular complexity index is 593. The number of ether oxygens (including phenoxy) is 2. The minimum Gasteiger partial charge on any atom is -0.489 e. The molecular formula is C20H27NO2. The zero-order valence-electron chi connectivity index (χ0n) is 14.5. The molecule has 0 heterocycles. The van der Waals surface area contributed by atoms with Crippen LogP contribution in [0.25, 0.3) is 0 Å². The van der Waals surface area contributed by atoms with Gasteiger partial charge in [0.05, 0.1) is 18.3 Å². The molecular weight excluding hydrogens is 286 g/mol. The smallest absolute Gasteiger partial charge is 0.142 e. The minimum absolute atomic E-state index is 0.116.